The van der Waals surface area contributed by atoms with Crippen molar-refractivity contribution in [3.63, 3.8) is 0 Å². The van der Waals surface area contributed by atoms with Crippen molar-refractivity contribution in [1.82, 2.24) is 20.1 Å². The average Bonchev–Trinajstić information content (AvgIpc) is 3.40. The first-order valence-corrected chi connectivity index (χ1v) is 8.96. The number of benzene rings is 1. The molecule has 1 aromatic heterocycles. The Bertz CT molecular complexity index is 777. The molecule has 132 valence electrons. The van der Waals surface area contributed by atoms with E-state index in [-0.39, 0.29) is 17.4 Å². The molecule has 2 aliphatic rings. The van der Waals surface area contributed by atoms with Crippen molar-refractivity contribution in [2.75, 3.05) is 7.11 Å². The molecule has 0 spiro atoms. The van der Waals surface area contributed by atoms with Crippen LogP contribution in [-0.2, 0) is 23.2 Å². The van der Waals surface area contributed by atoms with Crippen LogP contribution >= 0.6 is 0 Å². The van der Waals surface area contributed by atoms with E-state index >= 15 is 0 Å². The van der Waals surface area contributed by atoms with Gasteiger partial charge in [0.15, 0.2) is 0 Å². The number of methoxy groups -OCH3 is 1. The summed E-state index contributed by atoms with van der Waals surface area (Å²) >= 11 is 0. The fourth-order valence-corrected chi connectivity index (χ4v) is 3.78. The van der Waals surface area contributed by atoms with Crippen LogP contribution in [0.1, 0.15) is 42.9 Å². The predicted octanol–water partition coefficient (Wildman–Crippen LogP) is 2.15. The first kappa shape index (κ1) is 16.1. The summed E-state index contributed by atoms with van der Waals surface area (Å²) in [6.45, 7) is 2.85. The van der Waals surface area contributed by atoms with Gasteiger partial charge in [0.25, 0.3) is 0 Å². The molecular formula is C19H24N4O2. The number of nitrogens with one attached hydrogen (secondary N) is 1. The maximum atomic E-state index is 13.0. The van der Waals surface area contributed by atoms with Gasteiger partial charge in [0.2, 0.25) is 5.91 Å². The highest BCUT2D eigenvalue weighted by Gasteiger charge is 2.51. The fourth-order valence-electron chi connectivity index (χ4n) is 3.78. The lowest BCUT2D eigenvalue weighted by molar-refractivity contribution is -0.124. The molecule has 2 heterocycles. The second-order valence-electron chi connectivity index (χ2n) is 7.12. The number of carbonyl (C=O) groups excluding carboxylic acids is 1. The predicted molar refractivity (Wildman–Crippen MR) is 93.5 cm³/mol. The minimum absolute atomic E-state index is 0.164. The van der Waals surface area contributed by atoms with Crippen molar-refractivity contribution in [3.05, 3.63) is 41.5 Å². The highest BCUT2D eigenvalue weighted by atomic mass is 16.5. The molecule has 1 unspecified atom stereocenters. The zero-order chi connectivity index (χ0) is 17.4. The van der Waals surface area contributed by atoms with E-state index < -0.39 is 0 Å². The number of hydrogen-bond acceptors (Lipinski definition) is 4. The van der Waals surface area contributed by atoms with Crippen LogP contribution in [0.25, 0.3) is 0 Å². The number of amides is 1. The molecule has 6 heteroatoms. The molecule has 0 saturated heterocycles. The van der Waals surface area contributed by atoms with E-state index in [2.05, 4.69) is 20.1 Å². The zero-order valence-corrected chi connectivity index (χ0v) is 14.8. The number of rotatable bonds is 4. The lowest BCUT2D eigenvalue weighted by Crippen LogP contribution is -2.41. The molecule has 4 rings (SSSR count). The quantitative estimate of drug-likeness (QED) is 0.926. The van der Waals surface area contributed by atoms with Gasteiger partial charge in [-0.3, -0.25) is 4.79 Å². The summed E-state index contributed by atoms with van der Waals surface area (Å²) in [5.74, 6) is 2.98. The van der Waals surface area contributed by atoms with Crippen LogP contribution in [0.3, 0.4) is 0 Å². The standard InChI is InChI=1S/C19H24N4O2/c1-13-21-22-17-8-5-15(9-12-23(13)17)20-18(24)19(10-11-19)14-3-6-16(25-2)7-4-14/h3-4,6-7,15H,5,8-12H2,1-2H3,(H,20,24). The van der Waals surface area contributed by atoms with Crippen molar-refractivity contribution < 1.29 is 9.53 Å². The second kappa shape index (κ2) is 6.17. The number of nitrogens with zero attached hydrogens (tertiary/aromatic N) is 3. The van der Waals surface area contributed by atoms with Gasteiger partial charge in [-0.1, -0.05) is 12.1 Å². The average molecular weight is 340 g/mol. The number of carbonyl (C=O) groups is 1. The lowest BCUT2D eigenvalue weighted by Gasteiger charge is -2.21. The molecule has 0 radical (unpaired) electrons. The molecule has 1 fully saturated rings. The normalized spacial score (nSPS) is 21.1. The molecule has 1 aliphatic heterocycles. The highest BCUT2D eigenvalue weighted by Crippen LogP contribution is 2.48. The third kappa shape index (κ3) is 2.90. The maximum absolute atomic E-state index is 13.0. The number of ether oxygens (including phenoxy) is 1. The molecule has 25 heavy (non-hydrogen) atoms. The zero-order valence-electron chi connectivity index (χ0n) is 14.8. The monoisotopic (exact) mass is 340 g/mol. The Hall–Kier alpha value is -2.37. The van der Waals surface area contributed by atoms with Crippen molar-refractivity contribution >= 4 is 5.91 Å². The number of fused-ring (bicyclic) bond motifs is 1. The molecule has 6 nitrogen and oxygen atoms in total. The van der Waals surface area contributed by atoms with E-state index in [1.807, 2.05) is 31.2 Å². The molecule has 1 amide bonds. The van der Waals surface area contributed by atoms with Gasteiger partial charge in [0.05, 0.1) is 12.5 Å². The molecule has 0 bridgehead atoms. The topological polar surface area (TPSA) is 69.0 Å². The number of hydrogen-bond donors (Lipinski definition) is 1. The van der Waals surface area contributed by atoms with Crippen LogP contribution in [0.15, 0.2) is 24.3 Å². The van der Waals surface area contributed by atoms with E-state index in [4.69, 9.17) is 4.74 Å². The Morgan fingerprint density at radius 1 is 1.24 bits per heavy atom. The Balaban J connectivity index is 1.43. The Labute approximate surface area is 147 Å². The van der Waals surface area contributed by atoms with Crippen LogP contribution in [0.5, 0.6) is 5.75 Å². The Kier molecular flexibility index (Phi) is 3.98. The number of aromatic nitrogens is 3. The highest BCUT2D eigenvalue weighted by molar-refractivity contribution is 5.91. The number of aryl methyl sites for hydroxylation is 2. The van der Waals surface area contributed by atoms with Gasteiger partial charge in [-0.15, -0.1) is 10.2 Å². The first-order valence-electron chi connectivity index (χ1n) is 8.96. The second-order valence-corrected chi connectivity index (χ2v) is 7.12. The van der Waals surface area contributed by atoms with Gasteiger partial charge in [0, 0.05) is 19.0 Å². The van der Waals surface area contributed by atoms with Crippen molar-refractivity contribution in [2.24, 2.45) is 0 Å². The molecule has 1 aliphatic carbocycles. The van der Waals surface area contributed by atoms with Gasteiger partial charge in [-0.25, -0.2) is 0 Å². The molecule has 1 N–H and O–H groups in total. The van der Waals surface area contributed by atoms with E-state index in [0.29, 0.717) is 0 Å². The van der Waals surface area contributed by atoms with E-state index in [0.717, 1.165) is 61.6 Å². The summed E-state index contributed by atoms with van der Waals surface area (Å²) in [6, 6.07) is 8.10. The van der Waals surface area contributed by atoms with Crippen molar-refractivity contribution in [3.8, 4) is 5.75 Å². The van der Waals surface area contributed by atoms with Crippen LogP contribution in [-0.4, -0.2) is 33.8 Å². The van der Waals surface area contributed by atoms with Gasteiger partial charge in [-0.05, 0) is 50.3 Å². The van der Waals surface area contributed by atoms with Gasteiger partial charge in [0.1, 0.15) is 17.4 Å². The third-order valence-corrected chi connectivity index (χ3v) is 5.59. The van der Waals surface area contributed by atoms with Gasteiger partial charge in [-0.2, -0.15) is 0 Å². The van der Waals surface area contributed by atoms with Crippen LogP contribution in [0, 0.1) is 6.92 Å². The minimum Gasteiger partial charge on any atom is -0.497 e. The summed E-state index contributed by atoms with van der Waals surface area (Å²) in [6.07, 6.45) is 4.55. The fraction of sp³-hybridized carbons (Fsp3) is 0.526. The summed E-state index contributed by atoms with van der Waals surface area (Å²) in [4.78, 5) is 13.0. The molecular weight excluding hydrogens is 316 g/mol. The minimum atomic E-state index is -0.344. The summed E-state index contributed by atoms with van der Waals surface area (Å²) in [5, 5.41) is 11.7. The smallest absolute Gasteiger partial charge is 0.230 e. The summed E-state index contributed by atoms with van der Waals surface area (Å²) < 4.78 is 7.39. The SMILES string of the molecule is COc1ccc(C2(C(=O)NC3CCc4nnc(C)n4CC3)CC2)cc1. The van der Waals surface area contributed by atoms with E-state index in [9.17, 15) is 4.79 Å². The van der Waals surface area contributed by atoms with Crippen LogP contribution in [0.4, 0.5) is 0 Å². The van der Waals surface area contributed by atoms with E-state index in [1.54, 1.807) is 7.11 Å². The molecule has 2 aromatic rings. The van der Waals surface area contributed by atoms with Crippen molar-refractivity contribution in [2.45, 2.75) is 57.0 Å². The molecule has 1 atom stereocenters. The summed E-state index contributed by atoms with van der Waals surface area (Å²) in [5.41, 5.74) is 0.747. The first-order chi connectivity index (χ1) is 12.1. The maximum Gasteiger partial charge on any atom is 0.230 e. The third-order valence-electron chi connectivity index (χ3n) is 5.59. The Morgan fingerprint density at radius 3 is 2.68 bits per heavy atom. The molecule has 1 aromatic carbocycles. The van der Waals surface area contributed by atoms with Crippen LogP contribution in [0.2, 0.25) is 0 Å². The van der Waals surface area contributed by atoms with Crippen molar-refractivity contribution in [1.29, 1.82) is 0 Å². The summed E-state index contributed by atoms with van der Waals surface area (Å²) in [7, 11) is 1.66. The lowest BCUT2D eigenvalue weighted by atomic mass is 9.94. The van der Waals surface area contributed by atoms with Crippen LogP contribution < -0.4 is 10.1 Å². The molecule has 1 saturated carbocycles. The Morgan fingerprint density at radius 2 is 2.00 bits per heavy atom. The van der Waals surface area contributed by atoms with E-state index in [1.165, 1.54) is 0 Å². The van der Waals surface area contributed by atoms with Gasteiger partial charge >= 0.3 is 0 Å². The largest absolute Gasteiger partial charge is 0.497 e. The van der Waals surface area contributed by atoms with Gasteiger partial charge < -0.3 is 14.6 Å².